The van der Waals surface area contributed by atoms with E-state index in [0.29, 0.717) is 17.7 Å². The fourth-order valence-electron chi connectivity index (χ4n) is 2.92. The van der Waals surface area contributed by atoms with E-state index in [9.17, 15) is 13.2 Å². The van der Waals surface area contributed by atoms with Crippen LogP contribution in [0.3, 0.4) is 0 Å². The van der Waals surface area contributed by atoms with Gasteiger partial charge in [0.2, 0.25) is 0 Å². The molecule has 0 aliphatic carbocycles. The highest BCUT2D eigenvalue weighted by atomic mass is 32.2. The molecule has 1 fully saturated rings. The maximum Gasteiger partial charge on any atom is 0.339 e. The Hall–Kier alpha value is -2.38. The van der Waals surface area contributed by atoms with Gasteiger partial charge in [0.15, 0.2) is 0 Å². The molecular weight excluding hydrogens is 366 g/mol. The average Bonchev–Trinajstić information content (AvgIpc) is 3.15. The molecule has 0 unspecified atom stereocenters. The molecular formula is C20H23NO5S. The summed E-state index contributed by atoms with van der Waals surface area (Å²) in [5.74, 6) is -0.0685. The van der Waals surface area contributed by atoms with Crippen molar-refractivity contribution >= 4 is 16.0 Å². The molecule has 0 saturated carbocycles. The van der Waals surface area contributed by atoms with E-state index in [1.165, 1.54) is 12.1 Å². The Labute approximate surface area is 159 Å². The number of benzene rings is 2. The van der Waals surface area contributed by atoms with Gasteiger partial charge >= 0.3 is 10.1 Å². The number of hydrogen-bond donors (Lipinski definition) is 1. The number of carbonyl (C=O) groups is 1. The SMILES string of the molecule is Cc1ccc(C)c(S(=O)(=O)Oc2ccc(C(=O)NC[C@@H]3CCCO3)cc2)c1. The van der Waals surface area contributed by atoms with Crippen LogP contribution in [0.1, 0.15) is 34.3 Å². The van der Waals surface area contributed by atoms with Gasteiger partial charge in [-0.1, -0.05) is 12.1 Å². The molecule has 1 amide bonds. The Bertz CT molecular complexity index is 916. The summed E-state index contributed by atoms with van der Waals surface area (Å²) < 4.78 is 35.7. The summed E-state index contributed by atoms with van der Waals surface area (Å²) in [6.07, 6.45) is 2.03. The third kappa shape index (κ3) is 4.87. The summed E-state index contributed by atoms with van der Waals surface area (Å²) >= 11 is 0. The van der Waals surface area contributed by atoms with Gasteiger partial charge in [-0.15, -0.1) is 0 Å². The van der Waals surface area contributed by atoms with Crippen LogP contribution in [0.4, 0.5) is 0 Å². The summed E-state index contributed by atoms with van der Waals surface area (Å²) in [5.41, 5.74) is 1.89. The van der Waals surface area contributed by atoms with Crippen molar-refractivity contribution in [3.8, 4) is 5.75 Å². The standard InChI is InChI=1S/C20H23NO5S/c1-14-5-6-15(2)19(12-14)27(23,24)26-17-9-7-16(8-10-17)20(22)21-13-18-4-3-11-25-18/h5-10,12,18H,3-4,11,13H2,1-2H3,(H,21,22)/t18-/m0/s1. The Morgan fingerprint density at radius 2 is 1.93 bits per heavy atom. The topological polar surface area (TPSA) is 81.7 Å². The van der Waals surface area contributed by atoms with Crippen LogP contribution in [0.15, 0.2) is 47.4 Å². The lowest BCUT2D eigenvalue weighted by Crippen LogP contribution is -2.31. The second-order valence-corrected chi connectivity index (χ2v) is 8.19. The number of aryl methyl sites for hydroxylation is 2. The van der Waals surface area contributed by atoms with Crippen LogP contribution in [0.5, 0.6) is 5.75 Å². The van der Waals surface area contributed by atoms with Crippen molar-refractivity contribution in [2.75, 3.05) is 13.2 Å². The van der Waals surface area contributed by atoms with Gasteiger partial charge in [0.25, 0.3) is 5.91 Å². The van der Waals surface area contributed by atoms with E-state index in [-0.39, 0.29) is 22.7 Å². The number of ether oxygens (including phenoxy) is 1. The lowest BCUT2D eigenvalue weighted by molar-refractivity contribution is 0.0858. The number of rotatable bonds is 6. The van der Waals surface area contributed by atoms with Gasteiger partial charge < -0.3 is 14.2 Å². The first-order valence-electron chi connectivity index (χ1n) is 8.87. The molecule has 6 nitrogen and oxygen atoms in total. The summed E-state index contributed by atoms with van der Waals surface area (Å²) in [6.45, 7) is 4.75. The van der Waals surface area contributed by atoms with Crippen molar-refractivity contribution in [1.29, 1.82) is 0 Å². The van der Waals surface area contributed by atoms with E-state index in [1.807, 2.05) is 13.0 Å². The van der Waals surface area contributed by atoms with Crippen LogP contribution in [-0.4, -0.2) is 33.6 Å². The first kappa shape index (κ1) is 19.4. The third-order valence-electron chi connectivity index (χ3n) is 4.45. The predicted octanol–water partition coefficient (Wildman–Crippen LogP) is 2.98. The summed E-state index contributed by atoms with van der Waals surface area (Å²) in [7, 11) is -3.94. The average molecular weight is 389 g/mol. The smallest absolute Gasteiger partial charge is 0.339 e. The largest absolute Gasteiger partial charge is 0.379 e. The highest BCUT2D eigenvalue weighted by molar-refractivity contribution is 7.87. The van der Waals surface area contributed by atoms with Crippen LogP contribution < -0.4 is 9.50 Å². The summed E-state index contributed by atoms with van der Waals surface area (Å²) in [6, 6.07) is 11.2. The molecule has 3 rings (SSSR count). The molecule has 7 heteroatoms. The van der Waals surface area contributed by atoms with Gasteiger partial charge in [-0.25, -0.2) is 0 Å². The number of amides is 1. The summed E-state index contributed by atoms with van der Waals surface area (Å²) in [4.78, 5) is 12.3. The molecule has 1 aliphatic heterocycles. The molecule has 0 radical (unpaired) electrons. The van der Waals surface area contributed by atoms with Crippen LogP contribution in [0, 0.1) is 13.8 Å². The molecule has 1 atom stereocenters. The van der Waals surface area contributed by atoms with E-state index in [0.717, 1.165) is 25.0 Å². The van der Waals surface area contributed by atoms with Crippen molar-refractivity contribution < 1.29 is 22.1 Å². The molecule has 1 aliphatic rings. The number of hydrogen-bond acceptors (Lipinski definition) is 5. The molecule has 0 aromatic heterocycles. The zero-order chi connectivity index (χ0) is 19.4. The highest BCUT2D eigenvalue weighted by Crippen LogP contribution is 2.22. The quantitative estimate of drug-likeness (QED) is 0.768. The van der Waals surface area contributed by atoms with Gasteiger partial charge in [0.05, 0.1) is 6.10 Å². The molecule has 2 aromatic carbocycles. The molecule has 1 saturated heterocycles. The van der Waals surface area contributed by atoms with Crippen molar-refractivity contribution in [2.24, 2.45) is 0 Å². The Morgan fingerprint density at radius 1 is 1.19 bits per heavy atom. The number of nitrogens with one attached hydrogen (secondary N) is 1. The maximum absolute atomic E-state index is 12.5. The molecule has 27 heavy (non-hydrogen) atoms. The van der Waals surface area contributed by atoms with E-state index in [2.05, 4.69) is 5.32 Å². The van der Waals surface area contributed by atoms with Crippen LogP contribution in [0.25, 0.3) is 0 Å². The minimum absolute atomic E-state index is 0.0688. The van der Waals surface area contributed by atoms with Crippen molar-refractivity contribution in [3.63, 3.8) is 0 Å². The zero-order valence-electron chi connectivity index (χ0n) is 15.4. The fraction of sp³-hybridized carbons (Fsp3) is 0.350. The predicted molar refractivity (Wildman–Crippen MR) is 101 cm³/mol. The Balaban J connectivity index is 1.66. The highest BCUT2D eigenvalue weighted by Gasteiger charge is 2.20. The molecule has 1 N–H and O–H groups in total. The molecule has 144 valence electrons. The molecule has 0 bridgehead atoms. The van der Waals surface area contributed by atoms with Crippen LogP contribution in [-0.2, 0) is 14.9 Å². The minimum Gasteiger partial charge on any atom is -0.379 e. The van der Waals surface area contributed by atoms with E-state index in [1.54, 1.807) is 31.2 Å². The number of carbonyl (C=O) groups excluding carboxylic acids is 1. The Morgan fingerprint density at radius 3 is 2.59 bits per heavy atom. The van der Waals surface area contributed by atoms with Gasteiger partial charge in [0, 0.05) is 18.7 Å². The molecule has 0 spiro atoms. The van der Waals surface area contributed by atoms with Gasteiger partial charge in [-0.3, -0.25) is 4.79 Å². The van der Waals surface area contributed by atoms with Crippen molar-refractivity contribution in [2.45, 2.75) is 37.7 Å². The van der Waals surface area contributed by atoms with E-state index in [4.69, 9.17) is 8.92 Å². The first-order chi connectivity index (χ1) is 12.8. The van der Waals surface area contributed by atoms with Crippen molar-refractivity contribution in [1.82, 2.24) is 5.32 Å². The van der Waals surface area contributed by atoms with E-state index >= 15 is 0 Å². The normalized spacial score (nSPS) is 16.9. The second-order valence-electron chi connectivity index (χ2n) is 6.68. The van der Waals surface area contributed by atoms with Gasteiger partial charge in [0.1, 0.15) is 10.6 Å². The molecule has 2 aromatic rings. The third-order valence-corrected chi connectivity index (χ3v) is 5.84. The minimum atomic E-state index is -3.94. The van der Waals surface area contributed by atoms with Gasteiger partial charge in [-0.05, 0) is 68.1 Å². The zero-order valence-corrected chi connectivity index (χ0v) is 16.2. The second kappa shape index (κ2) is 8.10. The summed E-state index contributed by atoms with van der Waals surface area (Å²) in [5, 5.41) is 2.83. The first-order valence-corrected chi connectivity index (χ1v) is 10.3. The fourth-order valence-corrected chi connectivity index (χ4v) is 4.17. The van der Waals surface area contributed by atoms with Crippen molar-refractivity contribution in [3.05, 3.63) is 59.2 Å². The lowest BCUT2D eigenvalue weighted by atomic mass is 10.2. The van der Waals surface area contributed by atoms with Gasteiger partial charge in [-0.2, -0.15) is 8.42 Å². The molecule has 1 heterocycles. The Kier molecular flexibility index (Phi) is 5.82. The van der Waals surface area contributed by atoms with E-state index < -0.39 is 10.1 Å². The lowest BCUT2D eigenvalue weighted by Gasteiger charge is -2.12. The van der Waals surface area contributed by atoms with Crippen LogP contribution in [0.2, 0.25) is 0 Å². The monoisotopic (exact) mass is 389 g/mol. The maximum atomic E-state index is 12.5. The van der Waals surface area contributed by atoms with Crippen LogP contribution >= 0.6 is 0 Å².